The number of imidazole rings is 1. The molecule has 0 spiro atoms. The number of primary amides is 1. The second-order valence-electron chi connectivity index (χ2n) is 6.30. The van der Waals surface area contributed by atoms with Gasteiger partial charge in [-0.25, -0.2) is 4.98 Å². The van der Waals surface area contributed by atoms with Crippen LogP contribution in [0.1, 0.15) is 36.3 Å². The molecule has 3 rings (SSSR count). The molecule has 0 radical (unpaired) electrons. The Hall–Kier alpha value is -2.26. The number of hydrogen-bond acceptors (Lipinski definition) is 7. The Morgan fingerprint density at radius 2 is 2.40 bits per heavy atom. The summed E-state index contributed by atoms with van der Waals surface area (Å²) in [6.07, 6.45) is 6.26. The lowest BCUT2D eigenvalue weighted by atomic mass is 9.97. The van der Waals surface area contributed by atoms with Gasteiger partial charge in [0.2, 0.25) is 11.8 Å². The lowest BCUT2D eigenvalue weighted by molar-refractivity contribution is -0.118. The first-order valence-corrected chi connectivity index (χ1v) is 8.47. The van der Waals surface area contributed by atoms with Gasteiger partial charge in [0, 0.05) is 38.4 Å². The highest BCUT2D eigenvalue weighted by molar-refractivity contribution is 5.73. The van der Waals surface area contributed by atoms with Gasteiger partial charge >= 0.3 is 0 Å². The van der Waals surface area contributed by atoms with E-state index < -0.39 is 0 Å². The number of methoxy groups -OCH3 is 1. The number of nitrogens with zero attached hydrogens (tertiary/aromatic N) is 5. The topological polar surface area (TPSA) is 112 Å². The van der Waals surface area contributed by atoms with Gasteiger partial charge < -0.3 is 19.6 Å². The second-order valence-corrected chi connectivity index (χ2v) is 6.30. The Kier molecular flexibility index (Phi) is 5.77. The quantitative estimate of drug-likeness (QED) is 0.731. The molecule has 3 heterocycles. The van der Waals surface area contributed by atoms with Crippen molar-refractivity contribution >= 4 is 5.91 Å². The van der Waals surface area contributed by atoms with Crippen molar-refractivity contribution in [2.24, 2.45) is 5.73 Å². The van der Waals surface area contributed by atoms with Gasteiger partial charge in [0.1, 0.15) is 12.4 Å². The van der Waals surface area contributed by atoms with Gasteiger partial charge in [-0.3, -0.25) is 9.69 Å². The van der Waals surface area contributed by atoms with Gasteiger partial charge in [-0.15, -0.1) is 0 Å². The van der Waals surface area contributed by atoms with E-state index in [9.17, 15) is 4.79 Å². The zero-order valence-electron chi connectivity index (χ0n) is 14.4. The molecular weight excluding hydrogens is 324 g/mol. The van der Waals surface area contributed by atoms with E-state index in [-0.39, 0.29) is 18.4 Å². The average Bonchev–Trinajstić information content (AvgIpc) is 3.22. The molecule has 9 nitrogen and oxygen atoms in total. The van der Waals surface area contributed by atoms with Crippen molar-refractivity contribution in [1.82, 2.24) is 24.6 Å². The van der Waals surface area contributed by atoms with Crippen molar-refractivity contribution < 1.29 is 14.1 Å². The molecule has 1 saturated heterocycles. The Bertz CT molecular complexity index is 698. The number of piperidine rings is 1. The fourth-order valence-corrected chi connectivity index (χ4v) is 3.23. The summed E-state index contributed by atoms with van der Waals surface area (Å²) in [7, 11) is 1.65. The fraction of sp³-hybridized carbons (Fsp3) is 0.625. The number of carbonyl (C=O) groups excluding carboxylic acids is 1. The summed E-state index contributed by atoms with van der Waals surface area (Å²) < 4.78 is 12.2. The van der Waals surface area contributed by atoms with Crippen LogP contribution in [0.15, 0.2) is 16.9 Å². The van der Waals surface area contributed by atoms with E-state index >= 15 is 0 Å². The van der Waals surface area contributed by atoms with Gasteiger partial charge in [-0.2, -0.15) is 4.98 Å². The molecule has 25 heavy (non-hydrogen) atoms. The van der Waals surface area contributed by atoms with Crippen molar-refractivity contribution in [2.75, 3.05) is 26.8 Å². The molecule has 2 N–H and O–H groups in total. The highest BCUT2D eigenvalue weighted by Crippen LogP contribution is 2.26. The number of amides is 1. The Labute approximate surface area is 146 Å². The molecule has 9 heteroatoms. The van der Waals surface area contributed by atoms with Crippen molar-refractivity contribution in [1.29, 1.82) is 0 Å². The lowest BCUT2D eigenvalue weighted by Gasteiger charge is -2.31. The molecule has 1 unspecified atom stereocenters. The predicted molar refractivity (Wildman–Crippen MR) is 88.6 cm³/mol. The van der Waals surface area contributed by atoms with Crippen LogP contribution < -0.4 is 5.73 Å². The average molecular weight is 348 g/mol. The van der Waals surface area contributed by atoms with Gasteiger partial charge in [0.05, 0.1) is 13.2 Å². The second kappa shape index (κ2) is 8.21. The van der Waals surface area contributed by atoms with E-state index in [1.165, 1.54) is 0 Å². The molecule has 1 fully saturated rings. The van der Waals surface area contributed by atoms with E-state index in [4.69, 9.17) is 15.0 Å². The van der Waals surface area contributed by atoms with E-state index in [0.29, 0.717) is 31.3 Å². The van der Waals surface area contributed by atoms with E-state index in [0.717, 1.165) is 31.8 Å². The normalized spacial score (nSPS) is 18.5. The molecule has 1 aliphatic heterocycles. The van der Waals surface area contributed by atoms with Crippen molar-refractivity contribution in [2.45, 2.75) is 38.3 Å². The molecular formula is C16H24N6O3. The van der Waals surface area contributed by atoms with Crippen LogP contribution in [-0.2, 0) is 29.0 Å². The Morgan fingerprint density at radius 1 is 1.52 bits per heavy atom. The number of hydrogen-bond donors (Lipinski definition) is 1. The number of likely N-dealkylation sites (tertiary alicyclic amines) is 1. The van der Waals surface area contributed by atoms with E-state index in [2.05, 4.69) is 20.0 Å². The zero-order valence-corrected chi connectivity index (χ0v) is 14.4. The van der Waals surface area contributed by atoms with Crippen LogP contribution in [-0.4, -0.2) is 57.3 Å². The largest absolute Gasteiger partial charge is 0.384 e. The number of ether oxygens (including phenoxy) is 1. The van der Waals surface area contributed by atoms with Crippen molar-refractivity contribution in [3.8, 4) is 0 Å². The number of rotatable bonds is 8. The predicted octanol–water partition coefficient (Wildman–Crippen LogP) is 0.320. The maximum atomic E-state index is 11.2. The standard InChI is InChI=1S/C16H24N6O3/c1-24-8-4-14-19-15(25-20-14)11-21-6-2-3-12(9-21)16-18-5-7-22(16)10-13(17)23/h5,7,12H,2-4,6,8-11H2,1H3,(H2,17,23). The Balaban J connectivity index is 1.60. The molecule has 0 aliphatic carbocycles. The van der Waals surface area contributed by atoms with Gasteiger partial charge in [0.15, 0.2) is 5.82 Å². The summed E-state index contributed by atoms with van der Waals surface area (Å²) in [4.78, 5) is 22.3. The SMILES string of the molecule is COCCc1noc(CN2CCCC(c3nccn3CC(N)=O)C2)n1. The first-order chi connectivity index (χ1) is 12.2. The van der Waals surface area contributed by atoms with Crippen molar-refractivity contribution in [3.05, 3.63) is 29.9 Å². The first-order valence-electron chi connectivity index (χ1n) is 8.47. The maximum Gasteiger partial charge on any atom is 0.240 e. The summed E-state index contributed by atoms with van der Waals surface area (Å²) in [5.41, 5.74) is 5.31. The van der Waals surface area contributed by atoms with Gasteiger partial charge in [-0.1, -0.05) is 5.16 Å². The molecule has 1 atom stereocenters. The number of aromatic nitrogens is 4. The minimum atomic E-state index is -0.360. The minimum absolute atomic E-state index is 0.165. The molecule has 2 aromatic rings. The van der Waals surface area contributed by atoms with Crippen LogP contribution in [0.25, 0.3) is 0 Å². The minimum Gasteiger partial charge on any atom is -0.384 e. The number of carbonyl (C=O) groups is 1. The lowest BCUT2D eigenvalue weighted by Crippen LogP contribution is -2.35. The number of nitrogens with two attached hydrogens (primary N) is 1. The highest BCUT2D eigenvalue weighted by Gasteiger charge is 2.26. The summed E-state index contributed by atoms with van der Waals surface area (Å²) in [6.45, 7) is 3.17. The van der Waals surface area contributed by atoms with Crippen LogP contribution in [0.5, 0.6) is 0 Å². The molecule has 1 aliphatic rings. The zero-order chi connectivity index (χ0) is 17.6. The summed E-state index contributed by atoms with van der Waals surface area (Å²) in [6, 6.07) is 0. The van der Waals surface area contributed by atoms with Gasteiger partial charge in [-0.05, 0) is 19.4 Å². The summed E-state index contributed by atoms with van der Waals surface area (Å²) in [5, 5.41) is 3.97. The van der Waals surface area contributed by atoms with Crippen molar-refractivity contribution in [3.63, 3.8) is 0 Å². The van der Waals surface area contributed by atoms with Crippen LogP contribution in [0.4, 0.5) is 0 Å². The molecule has 0 saturated carbocycles. The molecule has 2 aromatic heterocycles. The van der Waals surface area contributed by atoms with Gasteiger partial charge in [0.25, 0.3) is 0 Å². The van der Waals surface area contributed by atoms with Crippen LogP contribution in [0.2, 0.25) is 0 Å². The third kappa shape index (κ3) is 4.64. The highest BCUT2D eigenvalue weighted by atomic mass is 16.5. The monoisotopic (exact) mass is 348 g/mol. The fourth-order valence-electron chi connectivity index (χ4n) is 3.23. The Morgan fingerprint density at radius 3 is 3.20 bits per heavy atom. The molecule has 0 aromatic carbocycles. The maximum absolute atomic E-state index is 11.2. The van der Waals surface area contributed by atoms with Crippen LogP contribution >= 0.6 is 0 Å². The molecule has 0 bridgehead atoms. The summed E-state index contributed by atoms with van der Waals surface area (Å²) in [5.74, 6) is 2.10. The van der Waals surface area contributed by atoms with Crippen LogP contribution in [0.3, 0.4) is 0 Å². The van der Waals surface area contributed by atoms with E-state index in [1.807, 2.05) is 4.57 Å². The summed E-state index contributed by atoms with van der Waals surface area (Å²) >= 11 is 0. The first kappa shape index (κ1) is 17.6. The third-order valence-corrected chi connectivity index (χ3v) is 4.34. The smallest absolute Gasteiger partial charge is 0.240 e. The molecule has 136 valence electrons. The van der Waals surface area contributed by atoms with E-state index in [1.54, 1.807) is 19.5 Å². The third-order valence-electron chi connectivity index (χ3n) is 4.34. The molecule has 1 amide bonds. The van der Waals surface area contributed by atoms with Crippen LogP contribution in [0, 0.1) is 0 Å².